The molecule has 1 aliphatic rings. The van der Waals surface area contributed by atoms with E-state index in [1.807, 2.05) is 35.6 Å². The van der Waals surface area contributed by atoms with Crippen LogP contribution in [0.3, 0.4) is 0 Å². The van der Waals surface area contributed by atoms with Crippen molar-refractivity contribution in [2.45, 2.75) is 6.42 Å². The Labute approximate surface area is 248 Å². The van der Waals surface area contributed by atoms with Crippen LogP contribution in [0, 0.1) is 11.3 Å². The summed E-state index contributed by atoms with van der Waals surface area (Å²) < 4.78 is 2.59. The number of hydrogen-bond acceptors (Lipinski definition) is 2. The van der Waals surface area contributed by atoms with E-state index in [9.17, 15) is 5.26 Å². The van der Waals surface area contributed by atoms with Crippen molar-refractivity contribution in [3.8, 4) is 39.4 Å². The molecular formula is C40H25NS. The highest BCUT2D eigenvalue weighted by molar-refractivity contribution is 7.26. The summed E-state index contributed by atoms with van der Waals surface area (Å²) in [6.07, 6.45) is 9.68. The number of nitrogens with zero attached hydrogens (tertiary/aromatic N) is 1. The Morgan fingerprint density at radius 3 is 2.17 bits per heavy atom. The number of hydrogen-bond donors (Lipinski definition) is 0. The first-order valence-corrected chi connectivity index (χ1v) is 15.0. The van der Waals surface area contributed by atoms with Crippen molar-refractivity contribution in [3.63, 3.8) is 0 Å². The fraction of sp³-hybridized carbons (Fsp3) is 0.0250. The molecule has 1 nitrogen and oxygen atoms in total. The third kappa shape index (κ3) is 4.06. The van der Waals surface area contributed by atoms with Gasteiger partial charge in [-0.05, 0) is 92.0 Å². The fourth-order valence-electron chi connectivity index (χ4n) is 6.29. The van der Waals surface area contributed by atoms with Gasteiger partial charge >= 0.3 is 0 Å². The molecule has 0 saturated heterocycles. The second-order valence-corrected chi connectivity index (χ2v) is 11.9. The van der Waals surface area contributed by atoms with Gasteiger partial charge in [-0.2, -0.15) is 5.26 Å². The molecule has 8 rings (SSSR count). The summed E-state index contributed by atoms with van der Waals surface area (Å²) in [7, 11) is 0. The van der Waals surface area contributed by atoms with Crippen LogP contribution in [0.5, 0.6) is 0 Å². The van der Waals surface area contributed by atoms with E-state index in [0.717, 1.165) is 17.5 Å². The second-order valence-electron chi connectivity index (χ2n) is 10.8. The van der Waals surface area contributed by atoms with Crippen molar-refractivity contribution in [1.82, 2.24) is 0 Å². The summed E-state index contributed by atoms with van der Waals surface area (Å²) in [4.78, 5) is 0. The van der Waals surface area contributed by atoms with Crippen molar-refractivity contribution in [3.05, 3.63) is 150 Å². The summed E-state index contributed by atoms with van der Waals surface area (Å²) >= 11 is 1.85. The molecule has 0 unspecified atom stereocenters. The smallest absolute Gasteiger partial charge is 0.0998 e. The number of benzene rings is 6. The van der Waals surface area contributed by atoms with E-state index >= 15 is 0 Å². The second kappa shape index (κ2) is 10.00. The van der Waals surface area contributed by atoms with Crippen LogP contribution >= 0.6 is 11.3 Å². The normalized spacial score (nSPS) is 12.5. The summed E-state index contributed by atoms with van der Waals surface area (Å²) in [5, 5.41) is 14.8. The Hall–Kier alpha value is -5.23. The molecule has 0 fully saturated rings. The number of allylic oxidation sites excluding steroid dienone is 3. The van der Waals surface area contributed by atoms with Gasteiger partial charge in [0.1, 0.15) is 0 Å². The van der Waals surface area contributed by atoms with E-state index in [2.05, 4.69) is 121 Å². The standard InChI is InChI=1S/C40H25NS/c41-25-32-8-4-5-9-33(32)27-14-16-28(17-15-27)35-11-6-12-39-40(35)37-24-31(21-22-38(37)42-39)30-20-19-29-18-13-26-7-2-1-3-10-34(26)36(29)23-30/h1-9,11-24H,10H2. The molecule has 0 amide bonds. The first kappa shape index (κ1) is 24.6. The molecule has 0 N–H and O–H groups in total. The van der Waals surface area contributed by atoms with Crippen LogP contribution in [-0.2, 0) is 6.42 Å². The molecule has 1 heterocycles. The van der Waals surface area contributed by atoms with Gasteiger partial charge in [-0.3, -0.25) is 0 Å². The first-order valence-electron chi connectivity index (χ1n) is 14.2. The summed E-state index contributed by atoms with van der Waals surface area (Å²) in [5.41, 5.74) is 10.3. The average Bonchev–Trinajstić information content (AvgIpc) is 3.25. The molecule has 0 bridgehead atoms. The quantitative estimate of drug-likeness (QED) is 0.214. The maximum absolute atomic E-state index is 9.57. The minimum absolute atomic E-state index is 0.696. The van der Waals surface area contributed by atoms with Crippen molar-refractivity contribution in [1.29, 1.82) is 5.26 Å². The monoisotopic (exact) mass is 551 g/mol. The molecule has 0 atom stereocenters. The topological polar surface area (TPSA) is 23.8 Å². The van der Waals surface area contributed by atoms with Gasteiger partial charge in [0.15, 0.2) is 0 Å². The van der Waals surface area contributed by atoms with Gasteiger partial charge in [0.25, 0.3) is 0 Å². The van der Waals surface area contributed by atoms with Crippen LogP contribution in [-0.4, -0.2) is 0 Å². The van der Waals surface area contributed by atoms with E-state index in [1.165, 1.54) is 64.3 Å². The van der Waals surface area contributed by atoms with Gasteiger partial charge in [0.2, 0.25) is 0 Å². The van der Waals surface area contributed by atoms with Gasteiger partial charge < -0.3 is 0 Å². The highest BCUT2D eigenvalue weighted by Gasteiger charge is 2.14. The molecule has 1 aromatic heterocycles. The molecule has 7 aromatic rings. The lowest BCUT2D eigenvalue weighted by Gasteiger charge is -2.11. The van der Waals surface area contributed by atoms with Crippen molar-refractivity contribution in [2.75, 3.05) is 0 Å². The number of thiophene rings is 1. The lowest BCUT2D eigenvalue weighted by atomic mass is 9.92. The molecule has 2 heteroatoms. The van der Waals surface area contributed by atoms with E-state index in [0.29, 0.717) is 5.56 Å². The predicted octanol–water partition coefficient (Wildman–Crippen LogP) is 11.2. The number of fused-ring (bicyclic) bond motifs is 6. The van der Waals surface area contributed by atoms with E-state index in [4.69, 9.17) is 0 Å². The minimum Gasteiger partial charge on any atom is -0.192 e. The van der Waals surface area contributed by atoms with Crippen LogP contribution in [0.1, 0.15) is 16.7 Å². The van der Waals surface area contributed by atoms with Gasteiger partial charge in [-0.15, -0.1) is 11.3 Å². The largest absolute Gasteiger partial charge is 0.192 e. The van der Waals surface area contributed by atoms with Crippen molar-refractivity contribution < 1.29 is 0 Å². The first-order chi connectivity index (χ1) is 20.8. The van der Waals surface area contributed by atoms with Crippen LogP contribution in [0.15, 0.2) is 133 Å². The zero-order valence-electron chi connectivity index (χ0n) is 22.8. The van der Waals surface area contributed by atoms with Crippen molar-refractivity contribution >= 4 is 48.4 Å². The van der Waals surface area contributed by atoms with Crippen LogP contribution < -0.4 is 0 Å². The van der Waals surface area contributed by atoms with Crippen LogP contribution in [0.4, 0.5) is 0 Å². The third-order valence-corrected chi connectivity index (χ3v) is 9.53. The summed E-state index contributed by atoms with van der Waals surface area (Å²) in [6.45, 7) is 0. The number of nitriles is 1. The summed E-state index contributed by atoms with van der Waals surface area (Å²) in [6, 6.07) is 43.6. The maximum Gasteiger partial charge on any atom is 0.0998 e. The van der Waals surface area contributed by atoms with Gasteiger partial charge in [-0.25, -0.2) is 0 Å². The Morgan fingerprint density at radius 2 is 1.31 bits per heavy atom. The molecule has 42 heavy (non-hydrogen) atoms. The number of rotatable bonds is 3. The Balaban J connectivity index is 1.25. The Kier molecular flexibility index (Phi) is 5.85. The molecule has 0 aliphatic heterocycles. The lowest BCUT2D eigenvalue weighted by molar-refractivity contribution is 1.30. The molecule has 1 aliphatic carbocycles. The zero-order chi connectivity index (χ0) is 28.0. The van der Waals surface area contributed by atoms with Crippen LogP contribution in [0.2, 0.25) is 0 Å². The molecule has 6 aromatic carbocycles. The van der Waals surface area contributed by atoms with Gasteiger partial charge in [0, 0.05) is 20.2 Å². The highest BCUT2D eigenvalue weighted by Crippen LogP contribution is 2.42. The van der Waals surface area contributed by atoms with Crippen LogP contribution in [0.25, 0.3) is 70.4 Å². The van der Waals surface area contributed by atoms with E-state index in [-0.39, 0.29) is 0 Å². The lowest BCUT2D eigenvalue weighted by Crippen LogP contribution is -1.90. The van der Waals surface area contributed by atoms with Crippen molar-refractivity contribution in [2.24, 2.45) is 0 Å². The fourth-order valence-corrected chi connectivity index (χ4v) is 7.41. The Bertz CT molecular complexity index is 2270. The molecule has 0 saturated carbocycles. The predicted molar refractivity (Wildman–Crippen MR) is 180 cm³/mol. The highest BCUT2D eigenvalue weighted by atomic mass is 32.1. The van der Waals surface area contributed by atoms with Gasteiger partial charge in [0.05, 0.1) is 11.6 Å². The van der Waals surface area contributed by atoms with E-state index in [1.54, 1.807) is 0 Å². The SMILES string of the molecule is N#Cc1ccccc1-c1ccc(-c2cccc3sc4ccc(-c5ccc6ccc7c(c6c5)CC=CC=C7)cc4c23)cc1. The molecule has 0 radical (unpaired) electrons. The summed E-state index contributed by atoms with van der Waals surface area (Å²) in [5.74, 6) is 0. The Morgan fingerprint density at radius 1 is 0.595 bits per heavy atom. The average molecular weight is 552 g/mol. The zero-order valence-corrected chi connectivity index (χ0v) is 23.7. The minimum atomic E-state index is 0.696. The van der Waals surface area contributed by atoms with Gasteiger partial charge in [-0.1, -0.05) is 109 Å². The molecule has 0 spiro atoms. The van der Waals surface area contributed by atoms with E-state index < -0.39 is 0 Å². The maximum atomic E-state index is 9.57. The molecular weight excluding hydrogens is 527 g/mol. The molecule has 196 valence electrons. The third-order valence-electron chi connectivity index (χ3n) is 8.40.